The zero-order chi connectivity index (χ0) is 16.1. The Labute approximate surface area is 128 Å². The highest BCUT2D eigenvalue weighted by atomic mass is 16.5. The van der Waals surface area contributed by atoms with Gasteiger partial charge in [-0.25, -0.2) is 9.59 Å². The minimum atomic E-state index is -1.05. The largest absolute Gasteiger partial charge is 0.493 e. The average molecular weight is 306 g/mol. The highest BCUT2D eigenvalue weighted by Crippen LogP contribution is 2.20. The molecule has 118 valence electrons. The number of para-hydroxylation sites is 1. The number of nitrogens with one attached hydrogen (secondary N) is 1. The predicted molar refractivity (Wildman–Crippen MR) is 77.6 cm³/mol. The molecule has 3 amide bonds. The second-order valence-corrected chi connectivity index (χ2v) is 4.70. The van der Waals surface area contributed by atoms with Crippen LogP contribution in [0.2, 0.25) is 0 Å². The molecule has 1 aromatic carbocycles. The first-order valence-electron chi connectivity index (χ1n) is 7.06. The van der Waals surface area contributed by atoms with Crippen molar-refractivity contribution < 1.29 is 23.9 Å². The van der Waals surface area contributed by atoms with Gasteiger partial charge in [0.15, 0.2) is 6.10 Å². The first-order valence-corrected chi connectivity index (χ1v) is 7.06. The van der Waals surface area contributed by atoms with Crippen LogP contribution in [0.5, 0.6) is 5.75 Å². The summed E-state index contributed by atoms with van der Waals surface area (Å²) in [5.74, 6) is -0.810. The van der Waals surface area contributed by atoms with Crippen molar-refractivity contribution in [2.24, 2.45) is 0 Å². The molecular weight excluding hydrogens is 288 g/mol. The topological polar surface area (TPSA) is 84.9 Å². The van der Waals surface area contributed by atoms with Gasteiger partial charge < -0.3 is 14.8 Å². The van der Waals surface area contributed by atoms with Gasteiger partial charge in [-0.1, -0.05) is 12.1 Å². The van der Waals surface area contributed by atoms with Crippen LogP contribution in [-0.4, -0.2) is 48.6 Å². The van der Waals surface area contributed by atoms with Gasteiger partial charge in [-0.3, -0.25) is 9.69 Å². The monoisotopic (exact) mass is 306 g/mol. The van der Waals surface area contributed by atoms with Crippen LogP contribution in [0, 0.1) is 0 Å². The second kappa shape index (κ2) is 6.93. The molecule has 1 fully saturated rings. The lowest BCUT2D eigenvalue weighted by Crippen LogP contribution is -2.41. The molecule has 1 atom stereocenters. The molecule has 0 radical (unpaired) electrons. The summed E-state index contributed by atoms with van der Waals surface area (Å²) in [6.07, 6.45) is -1.05. The number of nitrogens with zero attached hydrogens (tertiary/aromatic N) is 1. The number of amides is 3. The summed E-state index contributed by atoms with van der Waals surface area (Å²) in [6.45, 7) is 4.33. The van der Waals surface area contributed by atoms with E-state index in [2.05, 4.69) is 5.32 Å². The molecule has 0 saturated carbocycles. The summed E-state index contributed by atoms with van der Waals surface area (Å²) in [4.78, 5) is 36.8. The molecule has 1 aliphatic heterocycles. The lowest BCUT2D eigenvalue weighted by molar-refractivity contribution is -0.136. The van der Waals surface area contributed by atoms with E-state index in [1.807, 2.05) is 0 Å². The fraction of sp³-hybridized carbons (Fsp3) is 0.400. The van der Waals surface area contributed by atoms with E-state index < -0.39 is 24.0 Å². The first-order chi connectivity index (χ1) is 10.5. The number of urea groups is 1. The summed E-state index contributed by atoms with van der Waals surface area (Å²) < 4.78 is 10.5. The van der Waals surface area contributed by atoms with Crippen LogP contribution >= 0.6 is 0 Å². The third kappa shape index (κ3) is 3.36. The third-order valence-electron chi connectivity index (χ3n) is 3.16. The van der Waals surface area contributed by atoms with Gasteiger partial charge in [0.25, 0.3) is 5.91 Å². The quantitative estimate of drug-likeness (QED) is 0.826. The van der Waals surface area contributed by atoms with Crippen LogP contribution < -0.4 is 10.1 Å². The van der Waals surface area contributed by atoms with Crippen molar-refractivity contribution in [1.82, 2.24) is 10.2 Å². The van der Waals surface area contributed by atoms with Crippen LogP contribution in [0.4, 0.5) is 4.79 Å². The summed E-state index contributed by atoms with van der Waals surface area (Å²) in [6, 6.07) is 6.17. The summed E-state index contributed by atoms with van der Waals surface area (Å²) in [5.41, 5.74) is 0.245. The Kier molecular flexibility index (Phi) is 4.98. The minimum absolute atomic E-state index is 0.245. The molecule has 1 saturated heterocycles. The van der Waals surface area contributed by atoms with E-state index in [1.54, 1.807) is 31.2 Å². The number of carbonyl (C=O) groups is 3. The molecule has 2 rings (SSSR count). The highest BCUT2D eigenvalue weighted by Gasteiger charge is 2.32. The minimum Gasteiger partial charge on any atom is -0.493 e. The first kappa shape index (κ1) is 15.8. The van der Waals surface area contributed by atoms with Crippen molar-refractivity contribution in [1.29, 1.82) is 0 Å². The number of ether oxygens (including phenoxy) is 2. The third-order valence-corrected chi connectivity index (χ3v) is 3.16. The Morgan fingerprint density at radius 3 is 2.73 bits per heavy atom. The zero-order valence-electron chi connectivity index (χ0n) is 12.5. The van der Waals surface area contributed by atoms with Gasteiger partial charge in [0.1, 0.15) is 11.3 Å². The van der Waals surface area contributed by atoms with E-state index in [-0.39, 0.29) is 12.1 Å². The van der Waals surface area contributed by atoms with E-state index >= 15 is 0 Å². The van der Waals surface area contributed by atoms with E-state index in [9.17, 15) is 14.4 Å². The number of carbonyl (C=O) groups excluding carboxylic acids is 3. The van der Waals surface area contributed by atoms with Gasteiger partial charge in [0.05, 0.1) is 6.61 Å². The molecular formula is C15H18N2O5. The molecule has 1 unspecified atom stereocenters. The van der Waals surface area contributed by atoms with Gasteiger partial charge >= 0.3 is 12.0 Å². The van der Waals surface area contributed by atoms with Crippen molar-refractivity contribution in [3.8, 4) is 5.75 Å². The highest BCUT2D eigenvalue weighted by molar-refractivity contribution is 6.00. The number of imide groups is 1. The number of benzene rings is 1. The maximum absolute atomic E-state index is 12.2. The van der Waals surface area contributed by atoms with Crippen LogP contribution in [-0.2, 0) is 9.53 Å². The number of hydrogen-bond donors (Lipinski definition) is 1. The van der Waals surface area contributed by atoms with Crippen molar-refractivity contribution >= 4 is 17.9 Å². The van der Waals surface area contributed by atoms with Gasteiger partial charge in [0, 0.05) is 13.1 Å². The van der Waals surface area contributed by atoms with Gasteiger partial charge in [-0.05, 0) is 26.0 Å². The number of rotatable bonds is 5. The van der Waals surface area contributed by atoms with Crippen molar-refractivity contribution in [3.05, 3.63) is 29.8 Å². The van der Waals surface area contributed by atoms with E-state index in [1.165, 1.54) is 6.92 Å². The fourth-order valence-electron chi connectivity index (χ4n) is 2.09. The Morgan fingerprint density at radius 1 is 1.36 bits per heavy atom. The average Bonchev–Trinajstić information content (AvgIpc) is 2.93. The van der Waals surface area contributed by atoms with Gasteiger partial charge in [-0.15, -0.1) is 0 Å². The molecule has 1 aromatic rings. The fourth-order valence-corrected chi connectivity index (χ4v) is 2.09. The number of hydrogen-bond acceptors (Lipinski definition) is 5. The van der Waals surface area contributed by atoms with Crippen LogP contribution in [0.1, 0.15) is 24.2 Å². The Bertz CT molecular complexity index is 587. The summed E-state index contributed by atoms with van der Waals surface area (Å²) in [7, 11) is 0. The molecule has 1 N–H and O–H groups in total. The molecule has 7 heteroatoms. The van der Waals surface area contributed by atoms with Crippen molar-refractivity contribution in [2.75, 3.05) is 19.7 Å². The summed E-state index contributed by atoms with van der Waals surface area (Å²) in [5, 5.41) is 2.52. The molecule has 7 nitrogen and oxygen atoms in total. The number of esters is 1. The van der Waals surface area contributed by atoms with E-state index in [4.69, 9.17) is 9.47 Å². The van der Waals surface area contributed by atoms with Crippen LogP contribution in [0.3, 0.4) is 0 Å². The molecule has 1 aliphatic rings. The molecule has 0 aromatic heterocycles. The van der Waals surface area contributed by atoms with Gasteiger partial charge in [0.2, 0.25) is 0 Å². The molecule has 0 aliphatic carbocycles. The standard InChI is InChI=1S/C15H18N2O5/c1-3-21-12-7-5-4-6-11(12)14(19)22-10(2)13(18)17-9-8-16-15(17)20/h4-7,10H,3,8-9H2,1-2H3,(H,16,20). The van der Waals surface area contributed by atoms with E-state index in [0.29, 0.717) is 18.9 Å². The van der Waals surface area contributed by atoms with Crippen LogP contribution in [0.25, 0.3) is 0 Å². The van der Waals surface area contributed by atoms with Crippen molar-refractivity contribution in [3.63, 3.8) is 0 Å². The van der Waals surface area contributed by atoms with Crippen molar-refractivity contribution in [2.45, 2.75) is 20.0 Å². The SMILES string of the molecule is CCOc1ccccc1C(=O)OC(C)C(=O)N1CCNC1=O. The molecule has 22 heavy (non-hydrogen) atoms. The molecule has 0 spiro atoms. The van der Waals surface area contributed by atoms with E-state index in [0.717, 1.165) is 4.90 Å². The normalized spacial score (nSPS) is 15.2. The molecule has 1 heterocycles. The summed E-state index contributed by atoms with van der Waals surface area (Å²) >= 11 is 0. The molecule has 0 bridgehead atoms. The Morgan fingerprint density at radius 2 is 2.09 bits per heavy atom. The Balaban J connectivity index is 2.05. The lowest BCUT2D eigenvalue weighted by Gasteiger charge is -2.18. The smallest absolute Gasteiger partial charge is 0.342 e. The maximum Gasteiger partial charge on any atom is 0.342 e. The zero-order valence-corrected chi connectivity index (χ0v) is 12.5. The maximum atomic E-state index is 12.2. The van der Waals surface area contributed by atoms with Crippen LogP contribution in [0.15, 0.2) is 24.3 Å². The Hall–Kier alpha value is -2.57. The lowest BCUT2D eigenvalue weighted by atomic mass is 10.2. The van der Waals surface area contributed by atoms with Gasteiger partial charge in [-0.2, -0.15) is 0 Å². The predicted octanol–water partition coefficient (Wildman–Crippen LogP) is 1.18. The second-order valence-electron chi connectivity index (χ2n) is 4.70.